The lowest BCUT2D eigenvalue weighted by Crippen LogP contribution is -2.41. The van der Waals surface area contributed by atoms with Gasteiger partial charge < -0.3 is 15.2 Å². The smallest absolute Gasteiger partial charge is 0.337 e. The summed E-state index contributed by atoms with van der Waals surface area (Å²) in [7, 11) is 0. The highest BCUT2D eigenvalue weighted by atomic mass is 16.6. The first-order valence-corrected chi connectivity index (χ1v) is 6.25. The fourth-order valence-corrected chi connectivity index (χ4v) is 2.24. The summed E-state index contributed by atoms with van der Waals surface area (Å²) in [5.74, 6) is -1.13. The summed E-state index contributed by atoms with van der Waals surface area (Å²) in [6.45, 7) is 4.37. The number of carbonyl (C=O) groups is 1. The molecule has 1 saturated heterocycles. The highest BCUT2D eigenvalue weighted by Gasteiger charge is 2.37. The molecule has 0 aliphatic carbocycles. The highest BCUT2D eigenvalue weighted by molar-refractivity contribution is 5.95. The third-order valence-corrected chi connectivity index (χ3v) is 3.75. The molecule has 108 valence electrons. The Balaban J connectivity index is 2.40. The third kappa shape index (κ3) is 2.57. The average Bonchev–Trinajstić information content (AvgIpc) is 2.68. The minimum atomic E-state index is -1.13. The minimum Gasteiger partial charge on any atom is -0.478 e. The SMILES string of the molecule is CC1OCCC1(C)Nc1cc([N+](=O)[O-])ccc1C(=O)O. The lowest BCUT2D eigenvalue weighted by atomic mass is 9.93. The van der Waals surface area contributed by atoms with Crippen molar-refractivity contribution in [1.29, 1.82) is 0 Å². The van der Waals surface area contributed by atoms with Crippen LogP contribution in [0.5, 0.6) is 0 Å². The number of carboxylic acids is 1. The van der Waals surface area contributed by atoms with E-state index in [0.717, 1.165) is 0 Å². The van der Waals surface area contributed by atoms with Crippen molar-refractivity contribution in [2.24, 2.45) is 0 Å². The number of aromatic carboxylic acids is 1. The van der Waals surface area contributed by atoms with Crippen molar-refractivity contribution in [2.75, 3.05) is 11.9 Å². The lowest BCUT2D eigenvalue weighted by Gasteiger charge is -2.30. The van der Waals surface area contributed by atoms with Gasteiger partial charge in [0.1, 0.15) is 0 Å². The van der Waals surface area contributed by atoms with Gasteiger partial charge >= 0.3 is 5.97 Å². The largest absolute Gasteiger partial charge is 0.478 e. The van der Waals surface area contributed by atoms with Gasteiger partial charge in [-0.05, 0) is 26.3 Å². The molecule has 20 heavy (non-hydrogen) atoms. The molecule has 0 bridgehead atoms. The lowest BCUT2D eigenvalue weighted by molar-refractivity contribution is -0.384. The van der Waals surface area contributed by atoms with Crippen LogP contribution >= 0.6 is 0 Å². The molecule has 0 spiro atoms. The average molecular weight is 280 g/mol. The molecule has 0 saturated carbocycles. The zero-order chi connectivity index (χ0) is 14.9. The molecule has 0 aromatic heterocycles. The maximum atomic E-state index is 11.2. The van der Waals surface area contributed by atoms with E-state index in [9.17, 15) is 20.0 Å². The second-order valence-electron chi connectivity index (χ2n) is 5.10. The molecule has 2 N–H and O–H groups in total. The van der Waals surface area contributed by atoms with Gasteiger partial charge in [-0.25, -0.2) is 4.79 Å². The molecule has 1 aromatic carbocycles. The Morgan fingerprint density at radius 2 is 2.30 bits per heavy atom. The molecular formula is C13H16N2O5. The summed E-state index contributed by atoms with van der Waals surface area (Å²) >= 11 is 0. The number of non-ortho nitro benzene ring substituents is 1. The Morgan fingerprint density at radius 3 is 2.80 bits per heavy atom. The predicted molar refractivity (Wildman–Crippen MR) is 72.1 cm³/mol. The molecule has 7 nitrogen and oxygen atoms in total. The van der Waals surface area contributed by atoms with E-state index in [1.165, 1.54) is 18.2 Å². The number of carboxylic acid groups (broad SMARTS) is 1. The number of hydrogen-bond donors (Lipinski definition) is 2. The third-order valence-electron chi connectivity index (χ3n) is 3.75. The number of nitro benzene ring substituents is 1. The normalized spacial score (nSPS) is 25.4. The van der Waals surface area contributed by atoms with Crippen molar-refractivity contribution in [3.63, 3.8) is 0 Å². The Hall–Kier alpha value is -2.15. The van der Waals surface area contributed by atoms with Crippen LogP contribution < -0.4 is 5.32 Å². The highest BCUT2D eigenvalue weighted by Crippen LogP contribution is 2.32. The Labute approximate surface area is 115 Å². The van der Waals surface area contributed by atoms with E-state index < -0.39 is 16.4 Å². The van der Waals surface area contributed by atoms with Gasteiger partial charge in [-0.3, -0.25) is 10.1 Å². The monoisotopic (exact) mass is 280 g/mol. The summed E-state index contributed by atoms with van der Waals surface area (Å²) in [6.07, 6.45) is 0.596. The quantitative estimate of drug-likeness (QED) is 0.648. The summed E-state index contributed by atoms with van der Waals surface area (Å²) in [5, 5.41) is 23.1. The number of rotatable bonds is 4. The van der Waals surface area contributed by atoms with E-state index in [0.29, 0.717) is 13.0 Å². The summed E-state index contributed by atoms with van der Waals surface area (Å²) < 4.78 is 5.47. The van der Waals surface area contributed by atoms with Gasteiger partial charge in [-0.15, -0.1) is 0 Å². The van der Waals surface area contributed by atoms with Gasteiger partial charge in [0, 0.05) is 18.7 Å². The van der Waals surface area contributed by atoms with Crippen LogP contribution in [0.25, 0.3) is 0 Å². The van der Waals surface area contributed by atoms with Gasteiger partial charge in [0.25, 0.3) is 5.69 Å². The topological polar surface area (TPSA) is 102 Å². The number of nitrogens with zero attached hydrogens (tertiary/aromatic N) is 1. The van der Waals surface area contributed by atoms with Crippen molar-refractivity contribution in [3.05, 3.63) is 33.9 Å². The molecule has 1 heterocycles. The number of hydrogen-bond acceptors (Lipinski definition) is 5. The number of anilines is 1. The van der Waals surface area contributed by atoms with Crippen LogP contribution in [-0.4, -0.2) is 34.2 Å². The molecular weight excluding hydrogens is 264 g/mol. The molecule has 1 aliphatic heterocycles. The van der Waals surface area contributed by atoms with Crippen LogP contribution in [0.2, 0.25) is 0 Å². The first kappa shape index (κ1) is 14.3. The fraction of sp³-hybridized carbons (Fsp3) is 0.462. The number of nitro groups is 1. The van der Waals surface area contributed by atoms with Crippen LogP contribution in [0.1, 0.15) is 30.6 Å². The van der Waals surface area contributed by atoms with Crippen LogP contribution in [0, 0.1) is 10.1 Å². The molecule has 0 radical (unpaired) electrons. The summed E-state index contributed by atoms with van der Waals surface area (Å²) in [6, 6.07) is 3.68. The van der Waals surface area contributed by atoms with E-state index in [1.54, 1.807) is 0 Å². The minimum absolute atomic E-state index is 0.0101. The number of benzene rings is 1. The van der Waals surface area contributed by atoms with Crippen molar-refractivity contribution >= 4 is 17.3 Å². The van der Waals surface area contributed by atoms with Gasteiger partial charge in [0.2, 0.25) is 0 Å². The number of ether oxygens (including phenoxy) is 1. The summed E-state index contributed by atoms with van der Waals surface area (Å²) in [4.78, 5) is 21.5. The van der Waals surface area contributed by atoms with E-state index >= 15 is 0 Å². The molecule has 2 atom stereocenters. The molecule has 2 rings (SSSR count). The van der Waals surface area contributed by atoms with Crippen molar-refractivity contribution in [3.8, 4) is 0 Å². The van der Waals surface area contributed by atoms with Gasteiger partial charge in [0.05, 0.1) is 27.8 Å². The van der Waals surface area contributed by atoms with E-state index in [2.05, 4.69) is 5.32 Å². The molecule has 1 aliphatic rings. The standard InChI is InChI=1S/C13H16N2O5/c1-8-13(2,5-6-20-8)14-11-7-9(15(18)19)3-4-10(11)12(16)17/h3-4,7-8,14H,5-6H2,1-2H3,(H,16,17). The van der Waals surface area contributed by atoms with E-state index in [4.69, 9.17) is 4.74 Å². The Kier molecular flexibility index (Phi) is 3.63. The molecule has 1 aromatic rings. The Bertz CT molecular complexity index is 560. The van der Waals surface area contributed by atoms with Gasteiger partial charge in [-0.1, -0.05) is 0 Å². The van der Waals surface area contributed by atoms with E-state index in [-0.39, 0.29) is 23.0 Å². The zero-order valence-corrected chi connectivity index (χ0v) is 11.3. The maximum Gasteiger partial charge on any atom is 0.337 e. The number of nitrogens with one attached hydrogen (secondary N) is 1. The van der Waals surface area contributed by atoms with Crippen LogP contribution in [0.3, 0.4) is 0 Å². The maximum absolute atomic E-state index is 11.2. The zero-order valence-electron chi connectivity index (χ0n) is 11.3. The molecule has 7 heteroatoms. The van der Waals surface area contributed by atoms with Crippen molar-refractivity contribution < 1.29 is 19.6 Å². The second kappa shape index (κ2) is 5.09. The predicted octanol–water partition coefficient (Wildman–Crippen LogP) is 2.27. The second-order valence-corrected chi connectivity index (χ2v) is 5.10. The molecule has 2 unspecified atom stereocenters. The van der Waals surface area contributed by atoms with Gasteiger partial charge in [-0.2, -0.15) is 0 Å². The first-order valence-electron chi connectivity index (χ1n) is 6.25. The van der Waals surface area contributed by atoms with Crippen molar-refractivity contribution in [1.82, 2.24) is 0 Å². The fourth-order valence-electron chi connectivity index (χ4n) is 2.24. The molecule has 0 amide bonds. The first-order chi connectivity index (χ1) is 9.33. The van der Waals surface area contributed by atoms with Gasteiger partial charge in [0.15, 0.2) is 0 Å². The molecule has 1 fully saturated rings. The Morgan fingerprint density at radius 1 is 1.60 bits per heavy atom. The van der Waals surface area contributed by atoms with Crippen LogP contribution in [0.15, 0.2) is 18.2 Å². The van der Waals surface area contributed by atoms with Crippen LogP contribution in [-0.2, 0) is 4.74 Å². The van der Waals surface area contributed by atoms with Crippen LogP contribution in [0.4, 0.5) is 11.4 Å². The van der Waals surface area contributed by atoms with E-state index in [1.807, 2.05) is 13.8 Å². The van der Waals surface area contributed by atoms with Crippen molar-refractivity contribution in [2.45, 2.75) is 31.9 Å². The summed E-state index contributed by atoms with van der Waals surface area (Å²) in [5.41, 5.74) is -0.338.